The summed E-state index contributed by atoms with van der Waals surface area (Å²) < 4.78 is 15.0. The van der Waals surface area contributed by atoms with E-state index in [4.69, 9.17) is 14.5 Å². The summed E-state index contributed by atoms with van der Waals surface area (Å²) in [7, 11) is 0. The van der Waals surface area contributed by atoms with Crippen LogP contribution >= 0.6 is 0 Å². The van der Waals surface area contributed by atoms with Crippen molar-refractivity contribution in [1.82, 2.24) is 34.3 Å². The molecule has 1 aliphatic carbocycles. The molecule has 2 fully saturated rings. The van der Waals surface area contributed by atoms with Gasteiger partial charge in [-0.05, 0) is 57.2 Å². The molecule has 0 aromatic carbocycles. The lowest BCUT2D eigenvalue weighted by Crippen LogP contribution is -2.40. The van der Waals surface area contributed by atoms with Crippen LogP contribution in [-0.2, 0) is 22.6 Å². The Balaban J connectivity index is 1.14. The van der Waals surface area contributed by atoms with Crippen molar-refractivity contribution in [2.75, 3.05) is 37.7 Å². The summed E-state index contributed by atoms with van der Waals surface area (Å²) in [4.78, 5) is 26.3. The standard InChI is InChI=1S/C30H38N8O3/c1-30(2,3)41-29(39)37(16-22-5-4-6-22)18-23-7-8-28-32-25(19-36(28)17-23)20-38-21-27(33-34-38)24-13-26(15-31-14-24)35-9-11-40-12-10-35/h7-8,13-15,17,19,21-22H,4-6,9-12,16,18,20H2,1-3H3. The lowest BCUT2D eigenvalue weighted by molar-refractivity contribution is 0.0173. The fourth-order valence-electron chi connectivity index (χ4n) is 5.23. The van der Waals surface area contributed by atoms with Crippen molar-refractivity contribution in [2.45, 2.75) is 58.7 Å². The number of morpholine rings is 1. The molecule has 0 N–H and O–H groups in total. The van der Waals surface area contributed by atoms with Crippen LogP contribution < -0.4 is 4.90 Å². The zero-order valence-corrected chi connectivity index (χ0v) is 24.1. The highest BCUT2D eigenvalue weighted by Gasteiger charge is 2.27. The van der Waals surface area contributed by atoms with Crippen molar-refractivity contribution in [2.24, 2.45) is 5.92 Å². The molecule has 6 rings (SSSR count). The van der Waals surface area contributed by atoms with Crippen molar-refractivity contribution in [3.63, 3.8) is 0 Å². The first kappa shape index (κ1) is 27.2. The average Bonchev–Trinajstić information content (AvgIpc) is 3.56. The fraction of sp³-hybridized carbons (Fsp3) is 0.500. The molecule has 0 unspecified atom stereocenters. The molecule has 41 heavy (non-hydrogen) atoms. The van der Waals surface area contributed by atoms with Gasteiger partial charge in [0.15, 0.2) is 0 Å². The molecule has 5 heterocycles. The predicted octanol–water partition coefficient (Wildman–Crippen LogP) is 4.41. The largest absolute Gasteiger partial charge is 0.444 e. The molecule has 0 spiro atoms. The molecule has 11 heteroatoms. The Morgan fingerprint density at radius 2 is 1.95 bits per heavy atom. The average molecular weight is 559 g/mol. The van der Waals surface area contributed by atoms with Gasteiger partial charge in [0, 0.05) is 43.8 Å². The second-order valence-corrected chi connectivity index (χ2v) is 12.0. The monoisotopic (exact) mass is 558 g/mol. The number of aromatic nitrogens is 6. The number of amides is 1. The Kier molecular flexibility index (Phi) is 7.61. The SMILES string of the molecule is CC(C)(C)OC(=O)N(Cc1ccc2nc(Cn3cc(-c4cncc(N5CCOCC5)c4)nn3)cn2c1)CC1CCC1. The van der Waals surface area contributed by atoms with Crippen LogP contribution in [-0.4, -0.2) is 78.8 Å². The highest BCUT2D eigenvalue weighted by molar-refractivity contribution is 5.68. The van der Waals surface area contributed by atoms with Gasteiger partial charge in [-0.1, -0.05) is 17.7 Å². The summed E-state index contributed by atoms with van der Waals surface area (Å²) in [6.45, 7) is 10.6. The van der Waals surface area contributed by atoms with Gasteiger partial charge in [-0.25, -0.2) is 14.5 Å². The van der Waals surface area contributed by atoms with E-state index in [9.17, 15) is 4.79 Å². The number of hydrogen-bond donors (Lipinski definition) is 0. The van der Waals surface area contributed by atoms with E-state index in [1.165, 1.54) is 19.3 Å². The molecular weight excluding hydrogens is 520 g/mol. The minimum Gasteiger partial charge on any atom is -0.444 e. The molecule has 11 nitrogen and oxygen atoms in total. The van der Waals surface area contributed by atoms with Crippen molar-refractivity contribution < 1.29 is 14.3 Å². The zero-order chi connectivity index (χ0) is 28.4. The van der Waals surface area contributed by atoms with Crippen LogP contribution in [0.25, 0.3) is 16.9 Å². The van der Waals surface area contributed by atoms with Gasteiger partial charge >= 0.3 is 6.09 Å². The minimum atomic E-state index is -0.526. The maximum absolute atomic E-state index is 13.0. The first-order valence-electron chi connectivity index (χ1n) is 14.4. The third-order valence-electron chi connectivity index (χ3n) is 7.55. The molecule has 1 saturated heterocycles. The van der Waals surface area contributed by atoms with Crippen LogP contribution in [0.15, 0.2) is 49.2 Å². The Morgan fingerprint density at radius 3 is 2.71 bits per heavy atom. The summed E-state index contributed by atoms with van der Waals surface area (Å²) in [5.74, 6) is 0.552. The predicted molar refractivity (Wildman–Crippen MR) is 155 cm³/mol. The smallest absolute Gasteiger partial charge is 0.410 e. The van der Waals surface area contributed by atoms with Gasteiger partial charge < -0.3 is 23.7 Å². The summed E-state index contributed by atoms with van der Waals surface area (Å²) in [6, 6.07) is 6.13. The van der Waals surface area contributed by atoms with Gasteiger partial charge in [-0.15, -0.1) is 5.10 Å². The number of carbonyl (C=O) groups is 1. The van der Waals surface area contributed by atoms with Gasteiger partial charge in [0.05, 0.1) is 50.1 Å². The zero-order valence-electron chi connectivity index (χ0n) is 24.1. The first-order valence-corrected chi connectivity index (χ1v) is 14.4. The van der Waals surface area contributed by atoms with Crippen molar-refractivity contribution in [3.05, 3.63) is 60.4 Å². The van der Waals surface area contributed by atoms with Gasteiger partial charge in [-0.3, -0.25) is 4.98 Å². The molecular formula is C30H38N8O3. The molecule has 1 aliphatic heterocycles. The molecule has 0 radical (unpaired) electrons. The van der Waals surface area contributed by atoms with E-state index < -0.39 is 5.60 Å². The second kappa shape index (κ2) is 11.5. The van der Waals surface area contributed by atoms with E-state index in [1.54, 1.807) is 4.68 Å². The summed E-state index contributed by atoms with van der Waals surface area (Å²) in [5.41, 5.74) is 4.98. The van der Waals surface area contributed by atoms with Crippen LogP contribution in [0.5, 0.6) is 0 Å². The van der Waals surface area contributed by atoms with Gasteiger partial charge in [0.1, 0.15) is 16.9 Å². The molecule has 0 bridgehead atoms. The normalized spacial score (nSPS) is 16.1. The number of carbonyl (C=O) groups excluding carboxylic acids is 1. The fourth-order valence-corrected chi connectivity index (χ4v) is 5.23. The Bertz CT molecular complexity index is 1500. The number of ether oxygens (including phenoxy) is 2. The van der Waals surface area contributed by atoms with Crippen LogP contribution in [0, 0.1) is 5.92 Å². The second-order valence-electron chi connectivity index (χ2n) is 12.0. The number of fused-ring (bicyclic) bond motifs is 1. The van der Waals surface area contributed by atoms with Gasteiger partial charge in [0.25, 0.3) is 0 Å². The summed E-state index contributed by atoms with van der Waals surface area (Å²) in [5, 5.41) is 8.74. The number of nitrogens with zero attached hydrogens (tertiary/aromatic N) is 8. The molecule has 216 valence electrons. The van der Waals surface area contributed by atoms with E-state index >= 15 is 0 Å². The van der Waals surface area contributed by atoms with Crippen molar-refractivity contribution >= 4 is 17.4 Å². The Morgan fingerprint density at radius 1 is 1.12 bits per heavy atom. The van der Waals surface area contributed by atoms with Gasteiger partial charge in [0.2, 0.25) is 0 Å². The number of rotatable bonds is 8. The lowest BCUT2D eigenvalue weighted by atomic mass is 9.85. The molecule has 1 saturated carbocycles. The van der Waals surface area contributed by atoms with E-state index in [-0.39, 0.29) is 6.09 Å². The van der Waals surface area contributed by atoms with Crippen molar-refractivity contribution in [3.8, 4) is 11.3 Å². The number of pyridine rings is 2. The lowest BCUT2D eigenvalue weighted by Gasteiger charge is -2.33. The van der Waals surface area contributed by atoms with E-state index in [0.29, 0.717) is 19.0 Å². The number of imidazole rings is 1. The number of hydrogen-bond acceptors (Lipinski definition) is 8. The quantitative estimate of drug-likeness (QED) is 0.313. The molecule has 2 aliphatic rings. The van der Waals surface area contributed by atoms with Crippen LogP contribution in [0.1, 0.15) is 51.3 Å². The number of anilines is 1. The highest BCUT2D eigenvalue weighted by atomic mass is 16.6. The third kappa shape index (κ3) is 6.67. The first-order chi connectivity index (χ1) is 19.8. The molecule has 1 amide bonds. The van der Waals surface area contributed by atoms with Crippen LogP contribution in [0.4, 0.5) is 10.5 Å². The Hall–Kier alpha value is -3.99. The molecule has 0 atom stereocenters. The maximum atomic E-state index is 13.0. The summed E-state index contributed by atoms with van der Waals surface area (Å²) >= 11 is 0. The third-order valence-corrected chi connectivity index (χ3v) is 7.55. The molecule has 4 aromatic heterocycles. The van der Waals surface area contributed by atoms with Crippen LogP contribution in [0.2, 0.25) is 0 Å². The molecule has 4 aromatic rings. The van der Waals surface area contributed by atoms with Crippen LogP contribution in [0.3, 0.4) is 0 Å². The summed E-state index contributed by atoms with van der Waals surface area (Å²) in [6.07, 6.45) is 13.0. The van der Waals surface area contributed by atoms with Crippen molar-refractivity contribution in [1.29, 1.82) is 0 Å². The van der Waals surface area contributed by atoms with Gasteiger partial charge in [-0.2, -0.15) is 0 Å². The highest BCUT2D eigenvalue weighted by Crippen LogP contribution is 2.28. The Labute approximate surface area is 240 Å². The maximum Gasteiger partial charge on any atom is 0.410 e. The minimum absolute atomic E-state index is 0.261. The van der Waals surface area contributed by atoms with E-state index in [2.05, 4.69) is 26.3 Å². The topological polar surface area (TPSA) is 103 Å². The van der Waals surface area contributed by atoms with E-state index in [0.717, 1.165) is 66.7 Å². The van der Waals surface area contributed by atoms with E-state index in [1.807, 2.05) is 73.2 Å².